The molecule has 0 nitrogen and oxygen atoms in total. The van der Waals surface area contributed by atoms with E-state index in [-0.39, 0.29) is 15.6 Å². The lowest BCUT2D eigenvalue weighted by atomic mass is 10.0. The van der Waals surface area contributed by atoms with E-state index < -0.39 is 22.8 Å². The van der Waals surface area contributed by atoms with Crippen LogP contribution in [0.25, 0.3) is 0 Å². The minimum Gasteiger partial charge on any atom is -0.207 e. The number of halogens is 6. The van der Waals surface area contributed by atoms with Crippen molar-refractivity contribution in [2.24, 2.45) is 0 Å². The fraction of sp³-hybridized carbons (Fsp3) is 0.0769. The van der Waals surface area contributed by atoms with Crippen LogP contribution < -0.4 is 0 Å². The van der Waals surface area contributed by atoms with Gasteiger partial charge in [-0.2, -0.15) is 0 Å². The summed E-state index contributed by atoms with van der Waals surface area (Å²) in [6, 6.07) is 5.35. The SMILES string of the molecule is Fc1ccc(C(Cl)c2cc(F)c(F)cc2Cl)c(Cl)c1. The molecule has 2 aromatic carbocycles. The Balaban J connectivity index is 2.49. The van der Waals surface area contributed by atoms with E-state index in [9.17, 15) is 13.2 Å². The second-order valence-electron chi connectivity index (χ2n) is 3.82. The maximum atomic E-state index is 13.2. The van der Waals surface area contributed by atoms with Gasteiger partial charge in [-0.3, -0.25) is 0 Å². The van der Waals surface area contributed by atoms with Crippen molar-refractivity contribution in [2.45, 2.75) is 5.38 Å². The summed E-state index contributed by atoms with van der Waals surface area (Å²) in [5.74, 6) is -2.65. The lowest BCUT2D eigenvalue weighted by Gasteiger charge is -2.14. The predicted molar refractivity (Wildman–Crippen MR) is 70.5 cm³/mol. The molecule has 0 bridgehead atoms. The predicted octanol–water partition coefficient (Wildman–Crippen LogP) is 5.74. The van der Waals surface area contributed by atoms with Crippen LogP contribution in [-0.2, 0) is 0 Å². The van der Waals surface area contributed by atoms with Crippen LogP contribution in [0, 0.1) is 17.5 Å². The molecule has 1 atom stereocenters. The van der Waals surface area contributed by atoms with Crippen molar-refractivity contribution in [1.29, 1.82) is 0 Å². The van der Waals surface area contributed by atoms with Crippen LogP contribution in [0.3, 0.4) is 0 Å². The summed E-state index contributed by atoms with van der Waals surface area (Å²) in [6.45, 7) is 0. The second-order valence-corrected chi connectivity index (χ2v) is 5.07. The van der Waals surface area contributed by atoms with Crippen molar-refractivity contribution in [3.05, 3.63) is 69.0 Å². The van der Waals surface area contributed by atoms with Gasteiger partial charge in [0.25, 0.3) is 0 Å². The van der Waals surface area contributed by atoms with Gasteiger partial charge in [-0.25, -0.2) is 13.2 Å². The van der Waals surface area contributed by atoms with Gasteiger partial charge < -0.3 is 0 Å². The summed E-state index contributed by atoms with van der Waals surface area (Å²) in [5, 5.41) is -0.851. The lowest BCUT2D eigenvalue weighted by molar-refractivity contribution is 0.507. The zero-order valence-corrected chi connectivity index (χ0v) is 11.5. The van der Waals surface area contributed by atoms with E-state index in [4.69, 9.17) is 34.8 Å². The molecule has 2 aromatic rings. The third kappa shape index (κ3) is 2.99. The first-order valence-electron chi connectivity index (χ1n) is 5.13. The molecule has 0 saturated heterocycles. The van der Waals surface area contributed by atoms with Gasteiger partial charge in [0.2, 0.25) is 0 Å². The smallest absolute Gasteiger partial charge is 0.160 e. The van der Waals surface area contributed by atoms with Crippen molar-refractivity contribution < 1.29 is 13.2 Å². The topological polar surface area (TPSA) is 0 Å². The number of alkyl halides is 1. The molecule has 0 N–H and O–H groups in total. The largest absolute Gasteiger partial charge is 0.207 e. The fourth-order valence-corrected chi connectivity index (χ4v) is 2.63. The second kappa shape index (κ2) is 5.61. The number of hydrogen-bond donors (Lipinski definition) is 0. The average molecular weight is 326 g/mol. The molecule has 0 aliphatic carbocycles. The van der Waals surface area contributed by atoms with Gasteiger partial charge in [-0.15, -0.1) is 11.6 Å². The average Bonchev–Trinajstić information content (AvgIpc) is 2.33. The molecule has 100 valence electrons. The summed E-state index contributed by atoms with van der Waals surface area (Å²) in [7, 11) is 0. The molecule has 0 aliphatic heterocycles. The summed E-state index contributed by atoms with van der Waals surface area (Å²) in [5.41, 5.74) is 0.522. The molecule has 0 spiro atoms. The van der Waals surface area contributed by atoms with Crippen LogP contribution in [0.5, 0.6) is 0 Å². The highest BCUT2D eigenvalue weighted by Gasteiger charge is 2.20. The monoisotopic (exact) mass is 324 g/mol. The number of benzene rings is 2. The van der Waals surface area contributed by atoms with E-state index >= 15 is 0 Å². The standard InChI is InChI=1S/C13H6Cl3F3/c14-9-3-6(17)1-2-7(9)13(16)8-4-11(18)12(19)5-10(8)15/h1-5,13H. The molecule has 19 heavy (non-hydrogen) atoms. The molecule has 2 rings (SSSR count). The van der Waals surface area contributed by atoms with E-state index in [2.05, 4.69) is 0 Å². The first-order valence-corrected chi connectivity index (χ1v) is 6.33. The van der Waals surface area contributed by atoms with Crippen LogP contribution in [0.2, 0.25) is 10.0 Å². The summed E-state index contributed by atoms with van der Waals surface area (Å²) in [4.78, 5) is 0. The van der Waals surface area contributed by atoms with Crippen molar-refractivity contribution in [3.8, 4) is 0 Å². The third-order valence-corrected chi connectivity index (χ3v) is 3.67. The van der Waals surface area contributed by atoms with Gasteiger partial charge in [0, 0.05) is 10.0 Å². The molecule has 0 amide bonds. The van der Waals surface area contributed by atoms with Crippen LogP contribution in [0.1, 0.15) is 16.5 Å². The van der Waals surface area contributed by atoms with E-state index in [1.807, 2.05) is 0 Å². The number of hydrogen-bond acceptors (Lipinski definition) is 0. The third-order valence-electron chi connectivity index (χ3n) is 2.55. The molecule has 0 heterocycles. The van der Waals surface area contributed by atoms with E-state index in [1.54, 1.807) is 0 Å². The highest BCUT2D eigenvalue weighted by Crippen LogP contribution is 2.38. The van der Waals surface area contributed by atoms with Crippen LogP contribution >= 0.6 is 34.8 Å². The normalized spacial score (nSPS) is 12.5. The van der Waals surface area contributed by atoms with Gasteiger partial charge in [0.05, 0.1) is 5.38 Å². The van der Waals surface area contributed by atoms with Gasteiger partial charge in [-0.1, -0.05) is 29.3 Å². The maximum absolute atomic E-state index is 13.2. The molecular formula is C13H6Cl3F3. The zero-order chi connectivity index (χ0) is 14.2. The molecule has 0 aliphatic rings. The fourth-order valence-electron chi connectivity index (χ4n) is 1.61. The van der Waals surface area contributed by atoms with E-state index in [0.717, 1.165) is 18.2 Å². The van der Waals surface area contributed by atoms with Crippen molar-refractivity contribution >= 4 is 34.8 Å². The van der Waals surface area contributed by atoms with Gasteiger partial charge in [-0.05, 0) is 35.4 Å². The molecule has 0 saturated carbocycles. The highest BCUT2D eigenvalue weighted by molar-refractivity contribution is 6.35. The van der Waals surface area contributed by atoms with Crippen molar-refractivity contribution in [3.63, 3.8) is 0 Å². The Morgan fingerprint density at radius 3 is 2.00 bits per heavy atom. The van der Waals surface area contributed by atoms with Gasteiger partial charge >= 0.3 is 0 Å². The zero-order valence-electron chi connectivity index (χ0n) is 9.23. The molecule has 0 radical (unpaired) electrons. The highest BCUT2D eigenvalue weighted by atomic mass is 35.5. The first kappa shape index (κ1) is 14.5. The van der Waals surface area contributed by atoms with Gasteiger partial charge in [0.1, 0.15) is 5.82 Å². The minimum atomic E-state index is -1.07. The Morgan fingerprint density at radius 1 is 0.789 bits per heavy atom. The Morgan fingerprint density at radius 2 is 1.37 bits per heavy atom. The lowest BCUT2D eigenvalue weighted by Crippen LogP contribution is -1.98. The Kier molecular flexibility index (Phi) is 4.29. The molecule has 0 aromatic heterocycles. The molecule has 0 fully saturated rings. The Bertz CT molecular complexity index is 629. The van der Waals surface area contributed by atoms with Crippen molar-refractivity contribution in [1.82, 2.24) is 0 Å². The van der Waals surface area contributed by atoms with Crippen LogP contribution in [0.15, 0.2) is 30.3 Å². The molecule has 1 unspecified atom stereocenters. The Labute approximate surface area is 122 Å². The van der Waals surface area contributed by atoms with E-state index in [1.165, 1.54) is 12.1 Å². The van der Waals surface area contributed by atoms with E-state index in [0.29, 0.717) is 5.56 Å². The summed E-state index contributed by atoms with van der Waals surface area (Å²) < 4.78 is 39.1. The summed E-state index contributed by atoms with van der Waals surface area (Å²) in [6.07, 6.45) is 0. The summed E-state index contributed by atoms with van der Waals surface area (Å²) >= 11 is 17.8. The Hall–Kier alpha value is -0.900. The quantitative estimate of drug-likeness (QED) is 0.488. The number of rotatable bonds is 2. The van der Waals surface area contributed by atoms with Gasteiger partial charge in [0.15, 0.2) is 11.6 Å². The first-order chi connectivity index (χ1) is 8.90. The minimum absolute atomic E-state index is 0.0284. The molecule has 6 heteroatoms. The van der Waals surface area contributed by atoms with Crippen molar-refractivity contribution in [2.75, 3.05) is 0 Å². The maximum Gasteiger partial charge on any atom is 0.160 e. The van der Waals surface area contributed by atoms with Crippen LogP contribution in [0.4, 0.5) is 13.2 Å². The molecular weight excluding hydrogens is 319 g/mol. The van der Waals surface area contributed by atoms with Crippen LogP contribution in [-0.4, -0.2) is 0 Å².